The molecule has 2 N–H and O–H groups in total. The zero-order valence-electron chi connectivity index (χ0n) is 15.7. The van der Waals surface area contributed by atoms with Crippen molar-refractivity contribution in [3.8, 4) is 11.5 Å². The van der Waals surface area contributed by atoms with E-state index in [1.807, 2.05) is 32.0 Å². The molecule has 3 heterocycles. The lowest BCUT2D eigenvalue weighted by molar-refractivity contribution is -1.02. The van der Waals surface area contributed by atoms with Crippen LogP contribution in [0.1, 0.15) is 23.0 Å². The summed E-state index contributed by atoms with van der Waals surface area (Å²) in [6.45, 7) is 10.1. The Morgan fingerprint density at radius 2 is 1.70 bits per heavy atom. The largest absolute Gasteiger partial charge is 0.466 e. The van der Waals surface area contributed by atoms with Gasteiger partial charge >= 0.3 is 0 Å². The number of hydrogen-bond donors (Lipinski definition) is 2. The van der Waals surface area contributed by atoms with Gasteiger partial charge < -0.3 is 18.6 Å². The van der Waals surface area contributed by atoms with Crippen molar-refractivity contribution in [1.29, 1.82) is 0 Å². The van der Waals surface area contributed by atoms with Crippen LogP contribution in [0, 0.1) is 13.8 Å². The summed E-state index contributed by atoms with van der Waals surface area (Å²) in [5.41, 5.74) is 2.19. The van der Waals surface area contributed by atoms with Crippen LogP contribution in [0.3, 0.4) is 0 Å². The highest BCUT2D eigenvalue weighted by Gasteiger charge is 2.25. The molecule has 1 saturated heterocycles. The lowest BCUT2D eigenvalue weighted by Crippen LogP contribution is -3.27. The van der Waals surface area contributed by atoms with E-state index in [9.17, 15) is 0 Å². The van der Waals surface area contributed by atoms with Crippen LogP contribution in [-0.2, 0) is 13.1 Å². The predicted molar refractivity (Wildman–Crippen MR) is 102 cm³/mol. The van der Waals surface area contributed by atoms with Crippen LogP contribution in [0.15, 0.2) is 39.2 Å². The zero-order chi connectivity index (χ0) is 18.8. The summed E-state index contributed by atoms with van der Waals surface area (Å²) in [6, 6.07) is 10.1. The van der Waals surface area contributed by atoms with Gasteiger partial charge in [0, 0.05) is 10.6 Å². The number of quaternary nitrogens is 2. The van der Waals surface area contributed by atoms with E-state index in [1.165, 1.54) is 10.5 Å². The Hall–Kier alpha value is -2.15. The Bertz CT molecular complexity index is 912. The normalized spacial score (nSPS) is 20.1. The minimum absolute atomic E-state index is 0.545. The first-order valence-electron chi connectivity index (χ1n) is 9.38. The van der Waals surface area contributed by atoms with Gasteiger partial charge in [-0.15, -0.1) is 10.2 Å². The van der Waals surface area contributed by atoms with E-state index in [0.29, 0.717) is 11.8 Å². The highest BCUT2D eigenvalue weighted by atomic mass is 35.5. The van der Waals surface area contributed by atoms with E-state index in [0.717, 1.165) is 61.4 Å². The van der Waals surface area contributed by atoms with Crippen molar-refractivity contribution >= 4 is 11.6 Å². The number of piperazine rings is 1. The first kappa shape index (κ1) is 18.2. The standard InChI is InChI=1S/C20H23ClN4O2/c1-14-10-18(15(2)26-14)20-23-22-19(27-20)13-25-8-6-24(7-9-25)12-16-4-3-5-17(21)11-16/h3-5,10-11H,6-9,12-13H2,1-2H3/p+2. The fourth-order valence-electron chi connectivity index (χ4n) is 3.74. The molecule has 0 saturated carbocycles. The Labute approximate surface area is 163 Å². The Morgan fingerprint density at radius 1 is 0.963 bits per heavy atom. The average Bonchev–Trinajstić information content (AvgIpc) is 3.22. The second-order valence-electron chi connectivity index (χ2n) is 7.31. The first-order chi connectivity index (χ1) is 13.1. The maximum atomic E-state index is 6.09. The van der Waals surface area contributed by atoms with Gasteiger partial charge in [-0.3, -0.25) is 0 Å². The molecule has 1 aromatic carbocycles. The average molecular weight is 389 g/mol. The molecule has 27 heavy (non-hydrogen) atoms. The van der Waals surface area contributed by atoms with Crippen molar-refractivity contribution in [1.82, 2.24) is 10.2 Å². The third kappa shape index (κ3) is 4.40. The molecule has 4 rings (SSSR count). The topological polar surface area (TPSA) is 60.9 Å². The lowest BCUT2D eigenvalue weighted by atomic mass is 10.2. The van der Waals surface area contributed by atoms with Crippen molar-refractivity contribution in [2.24, 2.45) is 0 Å². The van der Waals surface area contributed by atoms with Crippen molar-refractivity contribution in [2.75, 3.05) is 26.2 Å². The molecule has 0 spiro atoms. The summed E-state index contributed by atoms with van der Waals surface area (Å²) in [5, 5.41) is 9.24. The number of benzene rings is 1. The molecule has 3 aromatic rings. The molecule has 142 valence electrons. The van der Waals surface area contributed by atoms with Crippen LogP contribution in [0.4, 0.5) is 0 Å². The number of rotatable bonds is 5. The van der Waals surface area contributed by atoms with Crippen LogP contribution in [0.5, 0.6) is 0 Å². The minimum Gasteiger partial charge on any atom is -0.466 e. The number of nitrogens with zero attached hydrogens (tertiary/aromatic N) is 2. The maximum Gasteiger partial charge on any atom is 0.271 e. The molecule has 0 amide bonds. The molecule has 0 radical (unpaired) electrons. The fourth-order valence-corrected chi connectivity index (χ4v) is 3.95. The van der Waals surface area contributed by atoms with Gasteiger partial charge in [0.15, 0.2) is 6.54 Å². The van der Waals surface area contributed by atoms with Crippen LogP contribution >= 0.6 is 11.6 Å². The van der Waals surface area contributed by atoms with Crippen molar-refractivity contribution in [3.05, 3.63) is 58.3 Å². The highest BCUT2D eigenvalue weighted by Crippen LogP contribution is 2.25. The van der Waals surface area contributed by atoms with E-state index in [-0.39, 0.29) is 0 Å². The monoisotopic (exact) mass is 388 g/mol. The Balaban J connectivity index is 1.31. The summed E-state index contributed by atoms with van der Waals surface area (Å²) in [5.74, 6) is 2.90. The minimum atomic E-state index is 0.545. The van der Waals surface area contributed by atoms with Gasteiger partial charge in [-0.25, -0.2) is 0 Å². The predicted octanol–water partition coefficient (Wildman–Crippen LogP) is 1.08. The van der Waals surface area contributed by atoms with Crippen molar-refractivity contribution in [2.45, 2.75) is 26.9 Å². The summed E-state index contributed by atoms with van der Waals surface area (Å²) in [4.78, 5) is 3.08. The lowest BCUT2D eigenvalue weighted by Gasteiger charge is -2.29. The molecule has 1 fully saturated rings. The molecular formula is C20H25ClN4O2+2. The maximum absolute atomic E-state index is 6.09. The van der Waals surface area contributed by atoms with Gasteiger partial charge in [-0.2, -0.15) is 0 Å². The van der Waals surface area contributed by atoms with Gasteiger partial charge in [0.1, 0.15) is 44.2 Å². The molecule has 6 nitrogen and oxygen atoms in total. The summed E-state index contributed by atoms with van der Waals surface area (Å²) in [7, 11) is 0. The van der Waals surface area contributed by atoms with Crippen LogP contribution in [0.2, 0.25) is 5.02 Å². The second kappa shape index (κ2) is 7.84. The van der Waals surface area contributed by atoms with Crippen molar-refractivity contribution < 1.29 is 18.6 Å². The number of aromatic nitrogens is 2. The quantitative estimate of drug-likeness (QED) is 0.686. The van der Waals surface area contributed by atoms with E-state index in [4.69, 9.17) is 20.4 Å². The smallest absolute Gasteiger partial charge is 0.271 e. The summed E-state index contributed by atoms with van der Waals surface area (Å²) in [6.07, 6.45) is 0. The highest BCUT2D eigenvalue weighted by molar-refractivity contribution is 6.30. The number of nitrogens with one attached hydrogen (secondary N) is 2. The summed E-state index contributed by atoms with van der Waals surface area (Å²) >= 11 is 6.09. The SMILES string of the molecule is Cc1cc(-c2nnc(C[NH+]3CC[NH+](Cc4cccc(Cl)c4)CC3)o2)c(C)o1. The Morgan fingerprint density at radius 3 is 2.37 bits per heavy atom. The number of aryl methyl sites for hydroxylation is 2. The molecule has 2 aromatic heterocycles. The van der Waals surface area contributed by atoms with Crippen LogP contribution in [0.25, 0.3) is 11.5 Å². The van der Waals surface area contributed by atoms with Gasteiger partial charge in [0.25, 0.3) is 11.8 Å². The van der Waals surface area contributed by atoms with Crippen LogP contribution < -0.4 is 9.80 Å². The Kier molecular flexibility index (Phi) is 5.29. The third-order valence-electron chi connectivity index (χ3n) is 5.15. The van der Waals surface area contributed by atoms with Gasteiger partial charge in [-0.1, -0.05) is 23.7 Å². The molecule has 0 aliphatic carbocycles. The molecule has 1 aliphatic rings. The first-order valence-corrected chi connectivity index (χ1v) is 9.76. The molecular weight excluding hydrogens is 364 g/mol. The number of hydrogen-bond acceptors (Lipinski definition) is 4. The third-order valence-corrected chi connectivity index (χ3v) is 5.38. The van der Waals surface area contributed by atoms with E-state index >= 15 is 0 Å². The van der Waals surface area contributed by atoms with Crippen molar-refractivity contribution in [3.63, 3.8) is 0 Å². The van der Waals surface area contributed by atoms with E-state index in [1.54, 1.807) is 4.90 Å². The van der Waals surface area contributed by atoms with E-state index in [2.05, 4.69) is 22.3 Å². The second-order valence-corrected chi connectivity index (χ2v) is 7.75. The van der Waals surface area contributed by atoms with Gasteiger partial charge in [0.2, 0.25) is 0 Å². The molecule has 1 aliphatic heterocycles. The molecule has 0 bridgehead atoms. The van der Waals surface area contributed by atoms with E-state index < -0.39 is 0 Å². The van der Waals surface area contributed by atoms with Gasteiger partial charge in [-0.05, 0) is 32.0 Å². The van der Waals surface area contributed by atoms with Crippen LogP contribution in [-0.4, -0.2) is 36.4 Å². The molecule has 7 heteroatoms. The van der Waals surface area contributed by atoms with Gasteiger partial charge in [0.05, 0.1) is 5.56 Å². The fraction of sp³-hybridized carbons (Fsp3) is 0.400. The number of furan rings is 1. The summed E-state index contributed by atoms with van der Waals surface area (Å²) < 4.78 is 11.4. The number of halogens is 1. The zero-order valence-corrected chi connectivity index (χ0v) is 16.5. The molecule has 0 unspecified atom stereocenters. The molecule has 0 atom stereocenters.